The van der Waals surface area contributed by atoms with Gasteiger partial charge in [-0.25, -0.2) is 4.98 Å². The third-order valence-corrected chi connectivity index (χ3v) is 8.62. The first kappa shape index (κ1) is 34.2. The van der Waals surface area contributed by atoms with E-state index < -0.39 is 7.60 Å². The van der Waals surface area contributed by atoms with Crippen LogP contribution in [0.25, 0.3) is 0 Å². The van der Waals surface area contributed by atoms with E-state index in [1.807, 2.05) is 18.2 Å². The van der Waals surface area contributed by atoms with Gasteiger partial charge in [0.2, 0.25) is 12.3 Å². The lowest BCUT2D eigenvalue weighted by atomic mass is 10.1. The molecule has 14 heteroatoms. The lowest BCUT2D eigenvalue weighted by Gasteiger charge is -2.28. The second-order valence-corrected chi connectivity index (χ2v) is 12.6. The van der Waals surface area contributed by atoms with Crippen molar-refractivity contribution in [2.24, 2.45) is 11.7 Å². The molecule has 3 rings (SSSR count). The summed E-state index contributed by atoms with van der Waals surface area (Å²) in [5.74, 6) is 0.611. The van der Waals surface area contributed by atoms with E-state index >= 15 is 0 Å². The number of pyridine rings is 1. The molecule has 0 fully saturated rings. The molecule has 0 spiro atoms. The van der Waals surface area contributed by atoms with Crippen LogP contribution in [0, 0.1) is 5.92 Å². The topological polar surface area (TPSA) is 125 Å². The minimum Gasteiger partial charge on any atom is -0.465 e. The second-order valence-electron chi connectivity index (χ2n) is 8.68. The highest BCUT2D eigenvalue weighted by atomic mass is 35.5. The molecule has 3 N–H and O–H groups in total. The standard InChI is InChI=1S/C25H34Cl2N3O5PS.CH3NO/c1-6-34-36(31,35-7-2)16-33-23-9-8-18(13-28-23)14-30-22(15-32-5)29-24(17(3)4)25(30)37-21-11-19(26)10-20(27)12-21;2-1-3/h8-13,17,22,29H,6-7,14-16H2,1-5H3;1H,(H2,2,3). The fourth-order valence-corrected chi connectivity index (χ4v) is 7.02. The molecule has 1 aromatic carbocycles. The normalized spacial score (nSPS) is 15.1. The van der Waals surface area contributed by atoms with E-state index in [0.29, 0.717) is 29.1 Å². The zero-order valence-electron chi connectivity index (χ0n) is 23.3. The average Bonchev–Trinajstić information content (AvgIpc) is 3.21. The molecule has 2 aromatic rings. The summed E-state index contributed by atoms with van der Waals surface area (Å²) in [6, 6.07) is 9.22. The largest absolute Gasteiger partial charge is 0.465 e. The van der Waals surface area contributed by atoms with Crippen molar-refractivity contribution in [3.05, 3.63) is 62.9 Å². The van der Waals surface area contributed by atoms with Crippen LogP contribution in [0.3, 0.4) is 0 Å². The molecule has 0 bridgehead atoms. The molecule has 0 aliphatic carbocycles. The van der Waals surface area contributed by atoms with Gasteiger partial charge >= 0.3 is 7.60 Å². The number of methoxy groups -OCH3 is 1. The Labute approximate surface area is 250 Å². The van der Waals surface area contributed by atoms with Gasteiger partial charge < -0.3 is 34.5 Å². The summed E-state index contributed by atoms with van der Waals surface area (Å²) in [7, 11) is -1.63. The zero-order chi connectivity index (χ0) is 29.7. The number of nitrogens with zero attached hydrogens (tertiary/aromatic N) is 2. The van der Waals surface area contributed by atoms with Gasteiger partial charge in [-0.2, -0.15) is 0 Å². The molecule has 0 radical (unpaired) electrons. The van der Waals surface area contributed by atoms with Crippen molar-refractivity contribution < 1.29 is 27.9 Å². The number of aromatic nitrogens is 1. The van der Waals surface area contributed by atoms with Crippen LogP contribution in [0.5, 0.6) is 5.88 Å². The Kier molecular flexibility index (Phi) is 14.6. The maximum atomic E-state index is 12.6. The number of allylic oxidation sites excluding steroid dienone is 1. The molecule has 1 aliphatic rings. The number of thioether (sulfide) groups is 1. The molecule has 1 atom stereocenters. The Hall–Kier alpha value is -1.98. The highest BCUT2D eigenvalue weighted by molar-refractivity contribution is 8.03. The summed E-state index contributed by atoms with van der Waals surface area (Å²) >= 11 is 14.1. The minimum atomic E-state index is -3.32. The highest BCUT2D eigenvalue weighted by Crippen LogP contribution is 2.47. The number of ether oxygens (including phenoxy) is 2. The lowest BCUT2D eigenvalue weighted by Crippen LogP contribution is -2.40. The number of hydrogen-bond acceptors (Lipinski definition) is 10. The summed E-state index contributed by atoms with van der Waals surface area (Å²) in [5.41, 5.74) is 6.26. The van der Waals surface area contributed by atoms with E-state index in [9.17, 15) is 4.57 Å². The van der Waals surface area contributed by atoms with Gasteiger partial charge in [0.1, 0.15) is 6.17 Å². The molecule has 40 heavy (non-hydrogen) atoms. The van der Waals surface area contributed by atoms with Crippen LogP contribution in [0.1, 0.15) is 33.3 Å². The number of amides is 1. The first-order valence-electron chi connectivity index (χ1n) is 12.6. The van der Waals surface area contributed by atoms with Crippen LogP contribution in [0.4, 0.5) is 0 Å². The van der Waals surface area contributed by atoms with Gasteiger partial charge in [0, 0.05) is 46.6 Å². The summed E-state index contributed by atoms with van der Waals surface area (Å²) in [6.07, 6.45) is 1.74. The number of rotatable bonds is 14. The van der Waals surface area contributed by atoms with Crippen molar-refractivity contribution in [3.8, 4) is 5.88 Å². The summed E-state index contributed by atoms with van der Waals surface area (Å²) in [5, 5.41) is 5.87. The minimum absolute atomic E-state index is 0.0567. The van der Waals surface area contributed by atoms with E-state index in [1.54, 1.807) is 51.0 Å². The van der Waals surface area contributed by atoms with Crippen molar-refractivity contribution in [1.82, 2.24) is 15.2 Å². The third kappa shape index (κ3) is 10.4. The van der Waals surface area contributed by atoms with Crippen LogP contribution < -0.4 is 15.8 Å². The Morgan fingerprint density at radius 2 is 1.80 bits per heavy atom. The molecule has 222 valence electrons. The van der Waals surface area contributed by atoms with E-state index in [-0.39, 0.29) is 38.1 Å². The smallest absolute Gasteiger partial charge is 0.367 e. The Balaban J connectivity index is 0.00000178. The number of hydrogen-bond donors (Lipinski definition) is 2. The molecule has 1 aliphatic heterocycles. The van der Waals surface area contributed by atoms with Gasteiger partial charge in [0.25, 0.3) is 0 Å². The van der Waals surface area contributed by atoms with Crippen molar-refractivity contribution in [1.29, 1.82) is 0 Å². The van der Waals surface area contributed by atoms with Crippen molar-refractivity contribution in [2.45, 2.75) is 45.3 Å². The van der Waals surface area contributed by atoms with Crippen LogP contribution in [0.15, 0.2) is 52.2 Å². The van der Waals surface area contributed by atoms with Gasteiger partial charge in [0.05, 0.1) is 24.8 Å². The number of nitrogens with two attached hydrogens (primary N) is 1. The summed E-state index contributed by atoms with van der Waals surface area (Å²) in [4.78, 5) is 16.2. The number of nitrogens with one attached hydrogen (secondary N) is 1. The molecule has 10 nitrogen and oxygen atoms in total. The van der Waals surface area contributed by atoms with Gasteiger partial charge in [-0.3, -0.25) is 9.36 Å². The molecule has 1 aromatic heterocycles. The van der Waals surface area contributed by atoms with E-state index in [0.717, 1.165) is 21.2 Å². The summed E-state index contributed by atoms with van der Waals surface area (Å²) in [6.45, 7) is 9.44. The van der Waals surface area contributed by atoms with Crippen molar-refractivity contribution in [3.63, 3.8) is 0 Å². The van der Waals surface area contributed by atoms with E-state index in [1.165, 1.54) is 0 Å². The Morgan fingerprint density at radius 1 is 1.18 bits per heavy atom. The fourth-order valence-electron chi connectivity index (χ4n) is 3.75. The predicted molar refractivity (Wildman–Crippen MR) is 159 cm³/mol. The number of carbonyl (C=O) groups is 1. The average molecular weight is 636 g/mol. The SMILES string of the molecule is CCOP(=O)(COc1ccc(CN2C(Sc3cc(Cl)cc(Cl)c3)=C(C(C)C)NC2COC)cn1)OCC.NC=O. The van der Waals surface area contributed by atoms with E-state index in [2.05, 4.69) is 34.8 Å². The molecule has 1 amide bonds. The number of benzene rings is 1. The fraction of sp³-hybridized carbons (Fsp3) is 0.462. The first-order valence-corrected chi connectivity index (χ1v) is 15.9. The quantitative estimate of drug-likeness (QED) is 0.186. The van der Waals surface area contributed by atoms with Gasteiger partial charge in [0.15, 0.2) is 6.35 Å². The molecule has 0 saturated carbocycles. The lowest BCUT2D eigenvalue weighted by molar-refractivity contribution is -0.106. The number of primary amides is 1. The Morgan fingerprint density at radius 3 is 2.30 bits per heavy atom. The molecular weight excluding hydrogens is 598 g/mol. The van der Waals surface area contributed by atoms with Crippen molar-refractivity contribution >= 4 is 49.0 Å². The maximum absolute atomic E-state index is 12.6. The third-order valence-electron chi connectivity index (χ3n) is 5.31. The summed E-state index contributed by atoms with van der Waals surface area (Å²) < 4.78 is 34.3. The molecule has 1 unspecified atom stereocenters. The molecular formula is C26H37Cl2N4O6PS. The number of halogens is 2. The van der Waals surface area contributed by atoms with Crippen LogP contribution >= 0.6 is 42.6 Å². The molecule has 0 saturated heterocycles. The van der Waals surface area contributed by atoms with Gasteiger partial charge in [-0.1, -0.05) is 54.9 Å². The zero-order valence-corrected chi connectivity index (χ0v) is 26.5. The molecule has 2 heterocycles. The number of carbonyl (C=O) groups excluding carboxylic acids is 1. The monoisotopic (exact) mass is 634 g/mol. The second kappa shape index (κ2) is 17.1. The van der Waals surface area contributed by atoms with Crippen LogP contribution in [-0.2, 0) is 29.7 Å². The Bertz CT molecular complexity index is 1140. The van der Waals surface area contributed by atoms with Crippen LogP contribution in [-0.4, -0.2) is 55.7 Å². The van der Waals surface area contributed by atoms with Crippen LogP contribution in [0.2, 0.25) is 10.0 Å². The van der Waals surface area contributed by atoms with E-state index in [4.69, 9.17) is 46.5 Å². The first-order chi connectivity index (χ1) is 19.1. The predicted octanol–water partition coefficient (Wildman–Crippen LogP) is 6.09. The highest BCUT2D eigenvalue weighted by Gasteiger charge is 2.33. The maximum Gasteiger partial charge on any atom is 0.367 e. The van der Waals surface area contributed by atoms with Crippen molar-refractivity contribution in [2.75, 3.05) is 33.3 Å². The van der Waals surface area contributed by atoms with Gasteiger partial charge in [-0.05, 0) is 43.5 Å². The van der Waals surface area contributed by atoms with Gasteiger partial charge in [-0.15, -0.1) is 0 Å².